The van der Waals surface area contributed by atoms with Gasteiger partial charge in [-0.25, -0.2) is 0 Å². The molecule has 0 aliphatic carbocycles. The molecule has 2 aliphatic heterocycles. The zero-order valence-electron chi connectivity index (χ0n) is 10.2. The Kier molecular flexibility index (Phi) is 3.96. The number of hydrogen-bond acceptors (Lipinski definition) is 4. The van der Waals surface area contributed by atoms with Gasteiger partial charge in [-0.05, 0) is 6.42 Å². The van der Waals surface area contributed by atoms with E-state index in [9.17, 15) is 9.59 Å². The van der Waals surface area contributed by atoms with Gasteiger partial charge in [0.15, 0.2) is 0 Å². The highest BCUT2D eigenvalue weighted by Crippen LogP contribution is 2.08. The number of hydrogen-bond donors (Lipinski definition) is 2. The second-order valence-corrected chi connectivity index (χ2v) is 4.69. The summed E-state index contributed by atoms with van der Waals surface area (Å²) in [6.45, 7) is 4.78. The minimum atomic E-state index is -0.310. The van der Waals surface area contributed by atoms with E-state index in [0.29, 0.717) is 6.54 Å². The number of rotatable bonds is 3. The van der Waals surface area contributed by atoms with Crippen molar-refractivity contribution in [2.75, 3.05) is 46.3 Å². The van der Waals surface area contributed by atoms with Gasteiger partial charge in [0, 0.05) is 39.8 Å². The average Bonchev–Trinajstić information content (AvgIpc) is 2.62. The molecule has 0 bridgehead atoms. The number of likely N-dealkylation sites (tertiary alicyclic amines) is 1. The van der Waals surface area contributed by atoms with Crippen LogP contribution in [0.25, 0.3) is 0 Å². The molecule has 0 spiro atoms. The molecule has 0 aromatic heterocycles. The summed E-state index contributed by atoms with van der Waals surface area (Å²) in [4.78, 5) is 27.2. The summed E-state index contributed by atoms with van der Waals surface area (Å²) in [5.41, 5.74) is 0. The highest BCUT2D eigenvalue weighted by molar-refractivity contribution is 5.89. The van der Waals surface area contributed by atoms with E-state index in [1.165, 1.54) is 0 Å². The molecule has 0 aromatic rings. The molecule has 1 atom stereocenters. The zero-order valence-corrected chi connectivity index (χ0v) is 10.2. The maximum absolute atomic E-state index is 11.8. The molecule has 2 fully saturated rings. The predicted octanol–water partition coefficient (Wildman–Crippen LogP) is -1.76. The molecule has 2 rings (SSSR count). The van der Waals surface area contributed by atoms with Crippen LogP contribution in [0.1, 0.15) is 6.42 Å². The van der Waals surface area contributed by atoms with Gasteiger partial charge in [-0.2, -0.15) is 0 Å². The SMILES string of the molecule is CN1CCC(NC(=O)CN2CCNCC2)C1=O. The molecule has 1 unspecified atom stereocenters. The van der Waals surface area contributed by atoms with Gasteiger partial charge in [-0.3, -0.25) is 14.5 Å². The highest BCUT2D eigenvalue weighted by atomic mass is 16.2. The van der Waals surface area contributed by atoms with Gasteiger partial charge < -0.3 is 15.5 Å². The largest absolute Gasteiger partial charge is 0.344 e. The van der Waals surface area contributed by atoms with E-state index in [-0.39, 0.29) is 17.9 Å². The monoisotopic (exact) mass is 240 g/mol. The van der Waals surface area contributed by atoms with Gasteiger partial charge in [0.05, 0.1) is 6.54 Å². The van der Waals surface area contributed by atoms with Crippen LogP contribution in [0, 0.1) is 0 Å². The first-order valence-electron chi connectivity index (χ1n) is 6.14. The maximum Gasteiger partial charge on any atom is 0.244 e. The van der Waals surface area contributed by atoms with E-state index in [2.05, 4.69) is 15.5 Å². The van der Waals surface area contributed by atoms with Crippen LogP contribution < -0.4 is 10.6 Å². The van der Waals surface area contributed by atoms with E-state index in [1.807, 2.05) is 0 Å². The lowest BCUT2D eigenvalue weighted by Gasteiger charge is -2.26. The van der Waals surface area contributed by atoms with Crippen LogP contribution in [0.4, 0.5) is 0 Å². The van der Waals surface area contributed by atoms with Crippen LogP contribution in [0.2, 0.25) is 0 Å². The van der Waals surface area contributed by atoms with Crippen molar-refractivity contribution < 1.29 is 9.59 Å². The first-order valence-corrected chi connectivity index (χ1v) is 6.14. The van der Waals surface area contributed by atoms with Crippen LogP contribution >= 0.6 is 0 Å². The summed E-state index contributed by atoms with van der Waals surface area (Å²) in [6, 6.07) is -0.310. The number of piperazine rings is 1. The molecule has 0 saturated carbocycles. The Morgan fingerprint density at radius 1 is 1.41 bits per heavy atom. The van der Waals surface area contributed by atoms with Crippen molar-refractivity contribution in [3.63, 3.8) is 0 Å². The predicted molar refractivity (Wildman–Crippen MR) is 63.5 cm³/mol. The second-order valence-electron chi connectivity index (χ2n) is 4.69. The van der Waals surface area contributed by atoms with E-state index in [1.54, 1.807) is 11.9 Å². The second kappa shape index (κ2) is 5.46. The van der Waals surface area contributed by atoms with Crippen molar-refractivity contribution in [1.82, 2.24) is 20.4 Å². The Labute approximate surface area is 101 Å². The third-order valence-electron chi connectivity index (χ3n) is 3.34. The van der Waals surface area contributed by atoms with Crippen LogP contribution in [0.5, 0.6) is 0 Å². The summed E-state index contributed by atoms with van der Waals surface area (Å²) >= 11 is 0. The maximum atomic E-state index is 11.8. The minimum absolute atomic E-state index is 0.0265. The molecule has 6 heteroatoms. The fourth-order valence-electron chi connectivity index (χ4n) is 2.27. The molecule has 0 aromatic carbocycles. The van der Waals surface area contributed by atoms with Crippen molar-refractivity contribution >= 4 is 11.8 Å². The minimum Gasteiger partial charge on any atom is -0.344 e. The molecule has 2 aliphatic rings. The van der Waals surface area contributed by atoms with Crippen molar-refractivity contribution in [2.24, 2.45) is 0 Å². The van der Waals surface area contributed by atoms with Crippen LogP contribution in [0.15, 0.2) is 0 Å². The Morgan fingerprint density at radius 3 is 2.71 bits per heavy atom. The normalized spacial score (nSPS) is 26.3. The summed E-state index contributed by atoms with van der Waals surface area (Å²) < 4.78 is 0. The van der Waals surface area contributed by atoms with Gasteiger partial charge in [0.25, 0.3) is 0 Å². The zero-order chi connectivity index (χ0) is 12.3. The number of likely N-dealkylation sites (N-methyl/N-ethyl adjacent to an activating group) is 1. The quantitative estimate of drug-likeness (QED) is 0.613. The first-order chi connectivity index (χ1) is 8.16. The molecule has 2 saturated heterocycles. The number of nitrogens with zero attached hydrogens (tertiary/aromatic N) is 2. The van der Waals surface area contributed by atoms with Crippen molar-refractivity contribution in [1.29, 1.82) is 0 Å². The Balaban J connectivity index is 1.75. The summed E-state index contributed by atoms with van der Waals surface area (Å²) in [6.07, 6.45) is 0.725. The lowest BCUT2D eigenvalue weighted by atomic mass is 10.2. The standard InChI is InChI=1S/C11H20N4O2/c1-14-5-2-9(11(14)17)13-10(16)8-15-6-3-12-4-7-15/h9,12H,2-8H2,1H3,(H,13,16). The van der Waals surface area contributed by atoms with Crippen LogP contribution in [0.3, 0.4) is 0 Å². The highest BCUT2D eigenvalue weighted by Gasteiger charge is 2.30. The summed E-state index contributed by atoms with van der Waals surface area (Å²) in [5.74, 6) is -0.0146. The van der Waals surface area contributed by atoms with E-state index < -0.39 is 0 Å². The molecule has 0 radical (unpaired) electrons. The fourth-order valence-corrected chi connectivity index (χ4v) is 2.27. The van der Waals surface area contributed by atoms with Crippen molar-refractivity contribution in [2.45, 2.75) is 12.5 Å². The molecule has 2 amide bonds. The molecule has 96 valence electrons. The Hall–Kier alpha value is -1.14. The molecule has 2 heterocycles. The first kappa shape index (κ1) is 12.3. The number of amides is 2. The van der Waals surface area contributed by atoms with Crippen LogP contribution in [-0.4, -0.2) is 74.0 Å². The third-order valence-corrected chi connectivity index (χ3v) is 3.34. The topological polar surface area (TPSA) is 64.7 Å². The van der Waals surface area contributed by atoms with Crippen molar-refractivity contribution in [3.8, 4) is 0 Å². The number of nitrogens with one attached hydrogen (secondary N) is 2. The Bertz CT molecular complexity index is 302. The molecule has 17 heavy (non-hydrogen) atoms. The van der Waals surface area contributed by atoms with E-state index in [4.69, 9.17) is 0 Å². The lowest BCUT2D eigenvalue weighted by Crippen LogP contribution is -2.50. The van der Waals surface area contributed by atoms with Crippen molar-refractivity contribution in [3.05, 3.63) is 0 Å². The summed E-state index contributed by atoms with van der Waals surface area (Å²) in [7, 11) is 1.77. The van der Waals surface area contributed by atoms with Gasteiger partial charge >= 0.3 is 0 Å². The molecule has 2 N–H and O–H groups in total. The lowest BCUT2D eigenvalue weighted by molar-refractivity contribution is -0.132. The van der Waals surface area contributed by atoms with E-state index >= 15 is 0 Å². The van der Waals surface area contributed by atoms with Gasteiger partial charge in [0.2, 0.25) is 11.8 Å². The average molecular weight is 240 g/mol. The number of carbonyl (C=O) groups is 2. The smallest absolute Gasteiger partial charge is 0.244 e. The van der Waals surface area contributed by atoms with Gasteiger partial charge in [-0.15, -0.1) is 0 Å². The molecular formula is C11H20N4O2. The fraction of sp³-hybridized carbons (Fsp3) is 0.818. The molecular weight excluding hydrogens is 220 g/mol. The Morgan fingerprint density at radius 2 is 2.12 bits per heavy atom. The van der Waals surface area contributed by atoms with Crippen LogP contribution in [-0.2, 0) is 9.59 Å². The third kappa shape index (κ3) is 3.17. The number of carbonyl (C=O) groups excluding carboxylic acids is 2. The summed E-state index contributed by atoms with van der Waals surface area (Å²) in [5, 5.41) is 6.05. The van der Waals surface area contributed by atoms with E-state index in [0.717, 1.165) is 39.1 Å². The van der Waals surface area contributed by atoms with Gasteiger partial charge in [0.1, 0.15) is 6.04 Å². The molecule has 6 nitrogen and oxygen atoms in total. The van der Waals surface area contributed by atoms with Gasteiger partial charge in [-0.1, -0.05) is 0 Å².